The van der Waals surface area contributed by atoms with E-state index < -0.39 is 0 Å². The number of aliphatic imine (C=N–C) groups is 1. The highest BCUT2D eigenvalue weighted by Gasteiger charge is 2.15. The second-order valence-electron chi connectivity index (χ2n) is 7.38. The summed E-state index contributed by atoms with van der Waals surface area (Å²) in [6, 6.07) is 4.05. The standard InChI is InChI=1S/C22H37N3O4.HI/c1-6-23-22(24-9-7-10-28-15-18-8-11-29-16-18)25(3)14-19-13-21(27-5)20(26-4)12-17(19)2;/h12-13,18H,6-11,14-16H2,1-5H3,(H,23,24);1H. The van der Waals surface area contributed by atoms with E-state index in [0.29, 0.717) is 5.92 Å². The van der Waals surface area contributed by atoms with Crippen LogP contribution in [-0.4, -0.2) is 71.6 Å². The zero-order chi connectivity index (χ0) is 21.1. The molecule has 7 nitrogen and oxygen atoms in total. The van der Waals surface area contributed by atoms with E-state index in [1.807, 2.05) is 19.2 Å². The van der Waals surface area contributed by atoms with Gasteiger partial charge in [-0.05, 0) is 49.9 Å². The van der Waals surface area contributed by atoms with Crippen molar-refractivity contribution >= 4 is 29.9 Å². The maximum atomic E-state index is 5.77. The van der Waals surface area contributed by atoms with Crippen LogP contribution < -0.4 is 14.8 Å². The van der Waals surface area contributed by atoms with Gasteiger partial charge in [0.2, 0.25) is 0 Å². The first kappa shape index (κ1) is 26.8. The molecule has 1 N–H and O–H groups in total. The highest BCUT2D eigenvalue weighted by atomic mass is 127. The van der Waals surface area contributed by atoms with E-state index in [9.17, 15) is 0 Å². The van der Waals surface area contributed by atoms with E-state index in [4.69, 9.17) is 23.9 Å². The van der Waals surface area contributed by atoms with Crippen molar-refractivity contribution in [1.82, 2.24) is 10.2 Å². The highest BCUT2D eigenvalue weighted by Crippen LogP contribution is 2.30. The molecule has 1 heterocycles. The summed E-state index contributed by atoms with van der Waals surface area (Å²) in [5.41, 5.74) is 2.34. The summed E-state index contributed by atoms with van der Waals surface area (Å²) >= 11 is 0. The Hall–Kier alpha value is -1.26. The summed E-state index contributed by atoms with van der Waals surface area (Å²) in [4.78, 5) is 6.89. The van der Waals surface area contributed by atoms with E-state index in [-0.39, 0.29) is 24.0 Å². The van der Waals surface area contributed by atoms with Crippen LogP contribution in [0.15, 0.2) is 17.1 Å². The number of nitrogens with zero attached hydrogens (tertiary/aromatic N) is 2. The number of ether oxygens (including phenoxy) is 4. The molecule has 1 saturated heterocycles. The first-order valence-electron chi connectivity index (χ1n) is 10.4. The second-order valence-corrected chi connectivity index (χ2v) is 7.38. The minimum atomic E-state index is 0. The molecular formula is C22H38IN3O4. The lowest BCUT2D eigenvalue weighted by Crippen LogP contribution is -2.38. The molecular weight excluding hydrogens is 497 g/mol. The molecule has 0 spiro atoms. The average Bonchev–Trinajstić information content (AvgIpc) is 3.24. The van der Waals surface area contributed by atoms with E-state index in [1.165, 1.54) is 5.56 Å². The molecule has 1 aliphatic heterocycles. The van der Waals surface area contributed by atoms with Crippen LogP contribution in [-0.2, 0) is 16.0 Å². The molecule has 172 valence electrons. The number of methoxy groups -OCH3 is 2. The molecule has 1 aromatic rings. The molecule has 0 bridgehead atoms. The minimum Gasteiger partial charge on any atom is -0.493 e. The van der Waals surface area contributed by atoms with E-state index in [2.05, 4.69) is 24.1 Å². The molecule has 0 amide bonds. The Balaban J connectivity index is 0.00000450. The van der Waals surface area contributed by atoms with Crippen molar-refractivity contribution in [3.8, 4) is 11.5 Å². The van der Waals surface area contributed by atoms with Gasteiger partial charge in [0, 0.05) is 45.8 Å². The van der Waals surface area contributed by atoms with Crippen molar-refractivity contribution in [3.63, 3.8) is 0 Å². The fourth-order valence-corrected chi connectivity index (χ4v) is 3.31. The van der Waals surface area contributed by atoms with Crippen LogP contribution in [0, 0.1) is 12.8 Å². The summed E-state index contributed by atoms with van der Waals surface area (Å²) < 4.78 is 22.0. The smallest absolute Gasteiger partial charge is 0.193 e. The lowest BCUT2D eigenvalue weighted by atomic mass is 10.1. The first-order valence-corrected chi connectivity index (χ1v) is 10.4. The fourth-order valence-electron chi connectivity index (χ4n) is 3.31. The zero-order valence-electron chi connectivity index (χ0n) is 19.0. The monoisotopic (exact) mass is 535 g/mol. The minimum absolute atomic E-state index is 0. The van der Waals surface area contributed by atoms with Gasteiger partial charge in [-0.3, -0.25) is 4.99 Å². The van der Waals surface area contributed by atoms with Gasteiger partial charge < -0.3 is 29.2 Å². The maximum absolute atomic E-state index is 5.77. The largest absolute Gasteiger partial charge is 0.493 e. The van der Waals surface area contributed by atoms with E-state index in [0.717, 1.165) is 81.9 Å². The predicted molar refractivity (Wildman–Crippen MR) is 132 cm³/mol. The molecule has 0 aromatic heterocycles. The molecule has 0 radical (unpaired) electrons. The van der Waals surface area contributed by atoms with Gasteiger partial charge in [-0.25, -0.2) is 0 Å². The van der Waals surface area contributed by atoms with Gasteiger partial charge in [0.25, 0.3) is 0 Å². The molecule has 1 unspecified atom stereocenters. The van der Waals surface area contributed by atoms with Gasteiger partial charge in [0.1, 0.15) is 0 Å². The van der Waals surface area contributed by atoms with Gasteiger partial charge in [0.15, 0.2) is 17.5 Å². The Bertz CT molecular complexity index is 652. The summed E-state index contributed by atoms with van der Waals surface area (Å²) in [5.74, 6) is 2.95. The lowest BCUT2D eigenvalue weighted by Gasteiger charge is -2.23. The van der Waals surface area contributed by atoms with Crippen LogP contribution in [0.25, 0.3) is 0 Å². The third-order valence-electron chi connectivity index (χ3n) is 5.03. The van der Waals surface area contributed by atoms with Crippen LogP contribution in [0.4, 0.5) is 0 Å². The summed E-state index contributed by atoms with van der Waals surface area (Å²) in [6.07, 6.45) is 2.02. The zero-order valence-corrected chi connectivity index (χ0v) is 21.4. The normalized spacial score (nSPS) is 16.2. The number of halogens is 1. The number of aryl methyl sites for hydroxylation is 1. The van der Waals surface area contributed by atoms with Gasteiger partial charge in [0.05, 0.1) is 27.4 Å². The van der Waals surface area contributed by atoms with Crippen LogP contribution in [0.2, 0.25) is 0 Å². The molecule has 30 heavy (non-hydrogen) atoms. The molecule has 1 aromatic carbocycles. The van der Waals surface area contributed by atoms with Crippen LogP contribution >= 0.6 is 24.0 Å². The van der Waals surface area contributed by atoms with Crippen molar-refractivity contribution in [3.05, 3.63) is 23.3 Å². The average molecular weight is 535 g/mol. The Labute approximate surface area is 198 Å². The Morgan fingerprint density at radius 2 is 2.00 bits per heavy atom. The molecule has 2 rings (SSSR count). The molecule has 1 atom stereocenters. The summed E-state index contributed by atoms with van der Waals surface area (Å²) in [5, 5.41) is 3.37. The van der Waals surface area contributed by atoms with Crippen LogP contribution in [0.1, 0.15) is 30.9 Å². The van der Waals surface area contributed by atoms with Crippen molar-refractivity contribution in [2.24, 2.45) is 10.9 Å². The quantitative estimate of drug-likeness (QED) is 0.203. The first-order chi connectivity index (χ1) is 14.1. The number of benzene rings is 1. The van der Waals surface area contributed by atoms with Crippen molar-refractivity contribution in [2.75, 3.05) is 60.8 Å². The second kappa shape index (κ2) is 14.7. The number of rotatable bonds is 11. The molecule has 1 aliphatic rings. The third-order valence-corrected chi connectivity index (χ3v) is 5.03. The van der Waals surface area contributed by atoms with E-state index >= 15 is 0 Å². The summed E-state index contributed by atoms with van der Waals surface area (Å²) in [6.45, 7) is 9.69. The predicted octanol–water partition coefficient (Wildman–Crippen LogP) is 3.47. The van der Waals surface area contributed by atoms with Crippen LogP contribution in [0.5, 0.6) is 11.5 Å². The highest BCUT2D eigenvalue weighted by molar-refractivity contribution is 14.0. The molecule has 8 heteroatoms. The Morgan fingerprint density at radius 3 is 2.63 bits per heavy atom. The van der Waals surface area contributed by atoms with Gasteiger partial charge in [-0.15, -0.1) is 24.0 Å². The Morgan fingerprint density at radius 1 is 1.27 bits per heavy atom. The topological polar surface area (TPSA) is 64.6 Å². The van der Waals surface area contributed by atoms with Crippen LogP contribution in [0.3, 0.4) is 0 Å². The molecule has 0 aliphatic carbocycles. The Kier molecular flexibility index (Phi) is 13.1. The number of guanidine groups is 1. The SMILES string of the molecule is CCNC(=NCCCOCC1CCOC1)N(C)Cc1cc(OC)c(OC)cc1C.I. The molecule has 0 saturated carbocycles. The number of nitrogens with one attached hydrogen (secondary N) is 1. The maximum Gasteiger partial charge on any atom is 0.193 e. The van der Waals surface area contributed by atoms with Crippen molar-refractivity contribution in [2.45, 2.75) is 33.2 Å². The summed E-state index contributed by atoms with van der Waals surface area (Å²) in [7, 11) is 5.37. The van der Waals surface area contributed by atoms with Gasteiger partial charge in [-0.1, -0.05) is 0 Å². The third kappa shape index (κ3) is 8.47. The number of hydrogen-bond donors (Lipinski definition) is 1. The lowest BCUT2D eigenvalue weighted by molar-refractivity contribution is 0.0893. The molecule has 1 fully saturated rings. The fraction of sp³-hybridized carbons (Fsp3) is 0.682. The number of hydrogen-bond acceptors (Lipinski definition) is 5. The van der Waals surface area contributed by atoms with E-state index in [1.54, 1.807) is 14.2 Å². The van der Waals surface area contributed by atoms with Crippen molar-refractivity contribution in [1.29, 1.82) is 0 Å². The van der Waals surface area contributed by atoms with Crippen molar-refractivity contribution < 1.29 is 18.9 Å². The van der Waals surface area contributed by atoms with Gasteiger partial charge >= 0.3 is 0 Å². The van der Waals surface area contributed by atoms with Gasteiger partial charge in [-0.2, -0.15) is 0 Å².